The molecule has 1 heterocycles. The van der Waals surface area contributed by atoms with Crippen LogP contribution in [0.25, 0.3) is 0 Å². The van der Waals surface area contributed by atoms with Gasteiger partial charge in [0.1, 0.15) is 5.82 Å². The lowest BCUT2D eigenvalue weighted by Crippen LogP contribution is -2.02. The van der Waals surface area contributed by atoms with Gasteiger partial charge in [0.2, 0.25) is 0 Å². The number of thiol groups is 1. The van der Waals surface area contributed by atoms with E-state index in [2.05, 4.69) is 22.6 Å². The van der Waals surface area contributed by atoms with E-state index in [1.54, 1.807) is 30.5 Å². The molecule has 1 aromatic heterocycles. The van der Waals surface area contributed by atoms with Crippen molar-refractivity contribution in [3.63, 3.8) is 0 Å². The van der Waals surface area contributed by atoms with Crippen molar-refractivity contribution in [1.29, 1.82) is 0 Å². The lowest BCUT2D eigenvalue weighted by molar-refractivity contribution is 0.0697. The summed E-state index contributed by atoms with van der Waals surface area (Å²) >= 11 is 4.47. The molecule has 0 spiro atoms. The van der Waals surface area contributed by atoms with Crippen LogP contribution in [0.1, 0.15) is 32.7 Å². The summed E-state index contributed by atoms with van der Waals surface area (Å²) in [6, 6.07) is 8.38. The van der Waals surface area contributed by atoms with E-state index in [-0.39, 0.29) is 10.8 Å². The minimum atomic E-state index is -0.941. The molecule has 0 radical (unpaired) electrons. The van der Waals surface area contributed by atoms with Crippen molar-refractivity contribution < 1.29 is 9.90 Å². The number of hydrogen-bond donors (Lipinski definition) is 2. The Kier molecular flexibility index (Phi) is 3.62. The van der Waals surface area contributed by atoms with Crippen LogP contribution in [-0.2, 0) is 0 Å². The second kappa shape index (κ2) is 5.18. The van der Waals surface area contributed by atoms with E-state index in [0.29, 0.717) is 5.82 Å². The van der Waals surface area contributed by atoms with Gasteiger partial charge < -0.3 is 5.11 Å². The van der Waals surface area contributed by atoms with Gasteiger partial charge in [-0.1, -0.05) is 12.1 Å². The Balaban J connectivity index is 2.28. The van der Waals surface area contributed by atoms with Gasteiger partial charge in [-0.05, 0) is 30.7 Å². The molecule has 18 heavy (non-hydrogen) atoms. The average molecular weight is 260 g/mol. The Morgan fingerprint density at radius 1 is 1.28 bits per heavy atom. The highest BCUT2D eigenvalue weighted by molar-refractivity contribution is 7.80. The third-order valence-electron chi connectivity index (χ3n) is 2.53. The predicted molar refractivity (Wildman–Crippen MR) is 71.0 cm³/mol. The molecular formula is C13H12N2O2S. The van der Waals surface area contributed by atoms with Crippen LogP contribution in [0.2, 0.25) is 0 Å². The summed E-state index contributed by atoms with van der Waals surface area (Å²) in [7, 11) is 0. The summed E-state index contributed by atoms with van der Waals surface area (Å²) in [5, 5.41) is 8.57. The molecule has 0 aliphatic heterocycles. The summed E-state index contributed by atoms with van der Waals surface area (Å²) in [6.07, 6.45) is 1.69. The molecule has 5 heteroatoms. The van der Waals surface area contributed by atoms with E-state index >= 15 is 0 Å². The molecule has 0 saturated carbocycles. The summed E-state index contributed by atoms with van der Waals surface area (Å²) < 4.78 is 0. The molecule has 4 nitrogen and oxygen atoms in total. The average Bonchev–Trinajstić information content (AvgIpc) is 2.38. The van der Waals surface area contributed by atoms with E-state index in [1.807, 2.05) is 13.0 Å². The molecule has 0 saturated heterocycles. The van der Waals surface area contributed by atoms with Gasteiger partial charge in [-0.3, -0.25) is 0 Å². The molecule has 92 valence electrons. The fraction of sp³-hybridized carbons (Fsp3) is 0.154. The molecule has 0 fully saturated rings. The monoisotopic (exact) mass is 260 g/mol. The first kappa shape index (κ1) is 12.6. The topological polar surface area (TPSA) is 63.1 Å². The molecule has 1 aromatic carbocycles. The molecule has 1 atom stereocenters. The van der Waals surface area contributed by atoms with Crippen LogP contribution in [-0.4, -0.2) is 21.0 Å². The maximum atomic E-state index is 10.8. The van der Waals surface area contributed by atoms with Crippen LogP contribution in [0.15, 0.2) is 36.5 Å². The van der Waals surface area contributed by atoms with E-state index in [1.165, 1.54) is 0 Å². The number of nitrogens with zero attached hydrogens (tertiary/aromatic N) is 2. The van der Waals surface area contributed by atoms with Crippen LogP contribution < -0.4 is 0 Å². The van der Waals surface area contributed by atoms with Crippen LogP contribution in [0, 0.1) is 6.92 Å². The Morgan fingerprint density at radius 2 is 1.94 bits per heavy atom. The first-order valence-electron chi connectivity index (χ1n) is 5.39. The molecule has 0 aliphatic carbocycles. The van der Waals surface area contributed by atoms with Crippen molar-refractivity contribution in [3.05, 3.63) is 59.2 Å². The maximum absolute atomic E-state index is 10.8. The Hall–Kier alpha value is -1.88. The molecule has 0 aliphatic rings. The Labute approximate surface area is 110 Å². The van der Waals surface area contributed by atoms with Gasteiger partial charge in [0.25, 0.3) is 0 Å². The number of aromatic carboxylic acids is 1. The highest BCUT2D eigenvalue weighted by Crippen LogP contribution is 2.25. The second-order valence-electron chi connectivity index (χ2n) is 3.89. The molecule has 1 N–H and O–H groups in total. The highest BCUT2D eigenvalue weighted by Gasteiger charge is 2.13. The van der Waals surface area contributed by atoms with Crippen LogP contribution >= 0.6 is 12.6 Å². The SMILES string of the molecule is Cc1ccnc(C(S)c2ccc(C(=O)O)cc2)n1. The fourth-order valence-corrected chi connectivity index (χ4v) is 1.85. The lowest BCUT2D eigenvalue weighted by Gasteiger charge is -2.10. The molecular weight excluding hydrogens is 248 g/mol. The van der Waals surface area contributed by atoms with Crippen molar-refractivity contribution >= 4 is 18.6 Å². The predicted octanol–water partition coefficient (Wildman–Crippen LogP) is 2.50. The van der Waals surface area contributed by atoms with Crippen LogP contribution in [0.4, 0.5) is 0 Å². The Bertz CT molecular complexity index is 569. The smallest absolute Gasteiger partial charge is 0.335 e. The molecule has 2 aromatic rings. The largest absolute Gasteiger partial charge is 0.478 e. The summed E-state index contributed by atoms with van der Waals surface area (Å²) in [5.74, 6) is -0.328. The van der Waals surface area contributed by atoms with Gasteiger partial charge in [-0.15, -0.1) is 0 Å². The van der Waals surface area contributed by atoms with Crippen molar-refractivity contribution in [1.82, 2.24) is 9.97 Å². The minimum Gasteiger partial charge on any atom is -0.478 e. The fourth-order valence-electron chi connectivity index (χ4n) is 1.56. The quantitative estimate of drug-likeness (QED) is 0.832. The van der Waals surface area contributed by atoms with Crippen molar-refractivity contribution in [3.8, 4) is 0 Å². The number of hydrogen-bond acceptors (Lipinski definition) is 4. The number of carboxylic acid groups (broad SMARTS) is 1. The maximum Gasteiger partial charge on any atom is 0.335 e. The summed E-state index contributed by atoms with van der Waals surface area (Å²) in [5.41, 5.74) is 2.00. The van der Waals surface area contributed by atoms with Gasteiger partial charge in [0, 0.05) is 11.9 Å². The minimum absolute atomic E-state index is 0.254. The first-order chi connectivity index (χ1) is 8.58. The van der Waals surface area contributed by atoms with Crippen LogP contribution in [0.5, 0.6) is 0 Å². The summed E-state index contributed by atoms with van der Waals surface area (Å²) in [6.45, 7) is 1.89. The summed E-state index contributed by atoms with van der Waals surface area (Å²) in [4.78, 5) is 19.2. The van der Waals surface area contributed by atoms with Crippen molar-refractivity contribution in [2.24, 2.45) is 0 Å². The third kappa shape index (κ3) is 2.68. The number of carbonyl (C=O) groups is 1. The zero-order valence-corrected chi connectivity index (χ0v) is 10.6. The number of benzene rings is 1. The standard InChI is InChI=1S/C13H12N2O2S/c1-8-6-7-14-12(15-8)11(18)9-2-4-10(5-3-9)13(16)17/h2-7,11,18H,1H3,(H,16,17). The molecule has 0 amide bonds. The van der Waals surface area contributed by atoms with Gasteiger partial charge in [0.05, 0.1) is 10.8 Å². The number of aromatic nitrogens is 2. The normalized spacial score (nSPS) is 12.1. The molecule has 0 bridgehead atoms. The first-order valence-corrected chi connectivity index (χ1v) is 5.90. The van der Waals surface area contributed by atoms with Gasteiger partial charge in [-0.25, -0.2) is 14.8 Å². The number of rotatable bonds is 3. The van der Waals surface area contributed by atoms with Crippen molar-refractivity contribution in [2.45, 2.75) is 12.2 Å². The van der Waals surface area contributed by atoms with E-state index < -0.39 is 5.97 Å². The second-order valence-corrected chi connectivity index (χ2v) is 4.40. The lowest BCUT2D eigenvalue weighted by atomic mass is 10.1. The van der Waals surface area contributed by atoms with E-state index in [4.69, 9.17) is 5.11 Å². The number of aryl methyl sites for hydroxylation is 1. The van der Waals surface area contributed by atoms with Crippen LogP contribution in [0.3, 0.4) is 0 Å². The van der Waals surface area contributed by atoms with Gasteiger partial charge in [0.15, 0.2) is 0 Å². The zero-order valence-electron chi connectivity index (χ0n) is 9.74. The number of carboxylic acids is 1. The highest BCUT2D eigenvalue weighted by atomic mass is 32.1. The Morgan fingerprint density at radius 3 is 2.50 bits per heavy atom. The molecule has 2 rings (SSSR count). The van der Waals surface area contributed by atoms with Gasteiger partial charge >= 0.3 is 5.97 Å². The van der Waals surface area contributed by atoms with Gasteiger partial charge in [-0.2, -0.15) is 12.6 Å². The third-order valence-corrected chi connectivity index (χ3v) is 3.06. The van der Waals surface area contributed by atoms with E-state index in [9.17, 15) is 4.79 Å². The zero-order chi connectivity index (χ0) is 13.1. The van der Waals surface area contributed by atoms with Crippen molar-refractivity contribution in [2.75, 3.05) is 0 Å². The van der Waals surface area contributed by atoms with E-state index in [0.717, 1.165) is 11.3 Å². The molecule has 1 unspecified atom stereocenters.